The van der Waals surface area contributed by atoms with E-state index < -0.39 is 6.10 Å². The largest absolute Gasteiger partial charge is 0.485 e. The number of aromatic nitrogens is 2. The molecule has 3 aromatic rings. The molecule has 7 nitrogen and oxygen atoms in total. The van der Waals surface area contributed by atoms with Crippen molar-refractivity contribution in [3.8, 4) is 11.5 Å². The van der Waals surface area contributed by atoms with Crippen molar-refractivity contribution in [2.75, 3.05) is 23.8 Å². The number of nitrogens with zero attached hydrogens (tertiary/aromatic N) is 3. The highest BCUT2D eigenvalue weighted by Gasteiger charge is 2.28. The molecule has 0 spiro atoms. The Morgan fingerprint density at radius 2 is 1.93 bits per heavy atom. The van der Waals surface area contributed by atoms with Crippen molar-refractivity contribution in [1.82, 2.24) is 10.2 Å². The van der Waals surface area contributed by atoms with E-state index in [0.717, 1.165) is 25.1 Å². The summed E-state index contributed by atoms with van der Waals surface area (Å²) in [4.78, 5) is 14.6. The third kappa shape index (κ3) is 3.67. The smallest absolute Gasteiger partial charge is 0.277 e. The SMILES string of the molecule is O=C(CSc1nnc([C@H]2COc3ccccc3O2)o1)N1CCCc2ccccc21. The molecule has 0 fully saturated rings. The van der Waals surface area contributed by atoms with Crippen molar-refractivity contribution in [3.63, 3.8) is 0 Å². The summed E-state index contributed by atoms with van der Waals surface area (Å²) < 4.78 is 17.3. The van der Waals surface area contributed by atoms with Crippen LogP contribution in [0.1, 0.15) is 24.0 Å². The van der Waals surface area contributed by atoms with Crippen molar-refractivity contribution in [1.29, 1.82) is 0 Å². The van der Waals surface area contributed by atoms with Gasteiger partial charge in [-0.05, 0) is 36.6 Å². The van der Waals surface area contributed by atoms with E-state index >= 15 is 0 Å². The van der Waals surface area contributed by atoms with Crippen LogP contribution >= 0.6 is 11.8 Å². The van der Waals surface area contributed by atoms with Gasteiger partial charge in [-0.3, -0.25) is 4.79 Å². The highest BCUT2D eigenvalue weighted by Crippen LogP contribution is 2.36. The first-order valence-corrected chi connectivity index (χ1v) is 10.5. The van der Waals surface area contributed by atoms with E-state index in [1.165, 1.54) is 17.3 Å². The van der Waals surface area contributed by atoms with Crippen LogP contribution in [-0.2, 0) is 11.2 Å². The maximum absolute atomic E-state index is 12.8. The molecule has 0 N–H and O–H groups in total. The van der Waals surface area contributed by atoms with Crippen LogP contribution in [0.3, 0.4) is 0 Å². The summed E-state index contributed by atoms with van der Waals surface area (Å²) in [7, 11) is 0. The Balaban J connectivity index is 1.22. The van der Waals surface area contributed by atoms with E-state index in [-0.39, 0.29) is 11.7 Å². The number of hydrogen-bond donors (Lipinski definition) is 0. The van der Waals surface area contributed by atoms with E-state index in [2.05, 4.69) is 16.3 Å². The predicted molar refractivity (Wildman–Crippen MR) is 107 cm³/mol. The Morgan fingerprint density at radius 1 is 1.10 bits per heavy atom. The molecule has 148 valence electrons. The van der Waals surface area contributed by atoms with E-state index in [1.807, 2.05) is 47.4 Å². The molecule has 2 aromatic carbocycles. The first-order chi connectivity index (χ1) is 14.3. The number of hydrogen-bond acceptors (Lipinski definition) is 7. The van der Waals surface area contributed by atoms with Gasteiger partial charge < -0.3 is 18.8 Å². The lowest BCUT2D eigenvalue weighted by molar-refractivity contribution is -0.116. The number of anilines is 1. The van der Waals surface area contributed by atoms with Crippen LogP contribution in [0.25, 0.3) is 0 Å². The van der Waals surface area contributed by atoms with Gasteiger partial charge in [-0.25, -0.2) is 0 Å². The normalized spacial score (nSPS) is 17.7. The number of amides is 1. The molecule has 29 heavy (non-hydrogen) atoms. The number of thioether (sulfide) groups is 1. The first kappa shape index (κ1) is 18.1. The van der Waals surface area contributed by atoms with Crippen LogP contribution in [0.4, 0.5) is 5.69 Å². The number of fused-ring (bicyclic) bond motifs is 2. The fourth-order valence-corrected chi connectivity index (χ4v) is 4.19. The molecule has 3 heterocycles. The Bertz CT molecular complexity index is 1040. The van der Waals surface area contributed by atoms with Gasteiger partial charge in [-0.1, -0.05) is 42.1 Å². The Kier molecular flexibility index (Phi) is 4.85. The summed E-state index contributed by atoms with van der Waals surface area (Å²) in [5, 5.41) is 8.47. The van der Waals surface area contributed by atoms with Crippen molar-refractivity contribution < 1.29 is 18.7 Å². The number of ether oxygens (including phenoxy) is 2. The summed E-state index contributed by atoms with van der Waals surface area (Å²) in [5.74, 6) is 1.96. The minimum Gasteiger partial charge on any atom is -0.485 e. The quantitative estimate of drug-likeness (QED) is 0.609. The molecule has 2 aliphatic heterocycles. The van der Waals surface area contributed by atoms with Gasteiger partial charge in [-0.2, -0.15) is 0 Å². The molecule has 1 aromatic heterocycles. The zero-order valence-corrected chi connectivity index (χ0v) is 16.4. The third-order valence-electron chi connectivity index (χ3n) is 4.94. The Hall–Kier alpha value is -3.00. The minimum absolute atomic E-state index is 0.0353. The molecule has 1 amide bonds. The van der Waals surface area contributed by atoms with E-state index in [0.29, 0.717) is 29.2 Å². The van der Waals surface area contributed by atoms with E-state index in [4.69, 9.17) is 13.9 Å². The molecule has 0 unspecified atom stereocenters. The summed E-state index contributed by atoms with van der Waals surface area (Å²) in [6.07, 6.45) is 1.52. The van der Waals surface area contributed by atoms with Crippen molar-refractivity contribution >= 4 is 23.4 Å². The fourth-order valence-electron chi connectivity index (χ4n) is 3.54. The molecule has 5 rings (SSSR count). The summed E-state index contributed by atoms with van der Waals surface area (Å²) in [6.45, 7) is 1.03. The standard InChI is InChI=1S/C21H19N3O4S/c25-19(24-11-5-7-14-6-1-2-8-15(14)24)13-29-21-23-22-20(28-21)18-12-26-16-9-3-4-10-17(16)27-18/h1-4,6,8-10,18H,5,7,11-13H2/t18-/m1/s1. The van der Waals surface area contributed by atoms with Crippen LogP contribution in [0.5, 0.6) is 11.5 Å². The molecule has 0 bridgehead atoms. The second-order valence-electron chi connectivity index (χ2n) is 6.84. The van der Waals surface area contributed by atoms with Gasteiger partial charge in [0.1, 0.15) is 6.61 Å². The van der Waals surface area contributed by atoms with Gasteiger partial charge in [-0.15, -0.1) is 10.2 Å². The number of carbonyl (C=O) groups is 1. The lowest BCUT2D eigenvalue weighted by Gasteiger charge is -2.29. The average molecular weight is 409 g/mol. The Labute approximate surface area is 172 Å². The molecule has 8 heteroatoms. The lowest BCUT2D eigenvalue weighted by Crippen LogP contribution is -2.36. The zero-order chi connectivity index (χ0) is 19.6. The first-order valence-electron chi connectivity index (χ1n) is 9.51. The van der Waals surface area contributed by atoms with E-state index in [1.54, 1.807) is 0 Å². The number of rotatable bonds is 4. The van der Waals surface area contributed by atoms with Gasteiger partial charge in [0, 0.05) is 12.2 Å². The molecular weight excluding hydrogens is 390 g/mol. The Morgan fingerprint density at radius 3 is 2.86 bits per heavy atom. The maximum Gasteiger partial charge on any atom is 0.277 e. The minimum atomic E-state index is -0.462. The van der Waals surface area contributed by atoms with Crippen LogP contribution in [0.2, 0.25) is 0 Å². The van der Waals surface area contributed by atoms with Gasteiger partial charge in [0.25, 0.3) is 11.1 Å². The average Bonchev–Trinajstić information content (AvgIpc) is 3.26. The summed E-state index contributed by atoms with van der Waals surface area (Å²) in [6, 6.07) is 15.5. The molecule has 1 atom stereocenters. The second-order valence-corrected chi connectivity index (χ2v) is 7.76. The number of benzene rings is 2. The van der Waals surface area contributed by atoms with Crippen LogP contribution in [0, 0.1) is 0 Å². The second kappa shape index (κ2) is 7.79. The summed E-state index contributed by atoms with van der Waals surface area (Å²) in [5.41, 5.74) is 2.22. The van der Waals surface area contributed by atoms with Gasteiger partial charge in [0.2, 0.25) is 12.0 Å². The topological polar surface area (TPSA) is 77.7 Å². The molecule has 2 aliphatic rings. The van der Waals surface area contributed by atoms with Crippen LogP contribution in [-0.4, -0.2) is 35.0 Å². The van der Waals surface area contributed by atoms with Gasteiger partial charge in [0.15, 0.2) is 11.5 Å². The lowest BCUT2D eigenvalue weighted by atomic mass is 10.0. The number of aryl methyl sites for hydroxylation is 1. The third-order valence-corrected chi connectivity index (χ3v) is 5.74. The molecule has 0 aliphatic carbocycles. The maximum atomic E-state index is 12.8. The van der Waals surface area contributed by atoms with Crippen molar-refractivity contribution in [2.24, 2.45) is 0 Å². The van der Waals surface area contributed by atoms with Crippen molar-refractivity contribution in [2.45, 2.75) is 24.2 Å². The van der Waals surface area contributed by atoms with Gasteiger partial charge >= 0.3 is 0 Å². The van der Waals surface area contributed by atoms with Crippen molar-refractivity contribution in [3.05, 3.63) is 60.0 Å². The van der Waals surface area contributed by atoms with Crippen LogP contribution < -0.4 is 14.4 Å². The molecular formula is C21H19N3O4S. The molecule has 0 saturated carbocycles. The monoisotopic (exact) mass is 409 g/mol. The summed E-state index contributed by atoms with van der Waals surface area (Å²) >= 11 is 1.24. The highest BCUT2D eigenvalue weighted by atomic mass is 32.2. The van der Waals surface area contributed by atoms with E-state index in [9.17, 15) is 4.79 Å². The predicted octanol–water partition coefficient (Wildman–Crippen LogP) is 3.65. The van der Waals surface area contributed by atoms with Crippen LogP contribution in [0.15, 0.2) is 58.2 Å². The fraction of sp³-hybridized carbons (Fsp3) is 0.286. The van der Waals surface area contributed by atoms with Gasteiger partial charge in [0.05, 0.1) is 5.75 Å². The number of carbonyl (C=O) groups excluding carboxylic acids is 1. The molecule has 0 saturated heterocycles. The zero-order valence-electron chi connectivity index (χ0n) is 15.6. The molecule has 0 radical (unpaired) electrons. The highest BCUT2D eigenvalue weighted by molar-refractivity contribution is 7.99. The number of para-hydroxylation sites is 3.